The van der Waals surface area contributed by atoms with Crippen LogP contribution in [0.4, 0.5) is 20.6 Å². The standard InChI is InChI=1S/C14H11FN2O4/c15-12-7-6-11(8-13(12)17(19)20)16-14(18)21-9-10-4-2-1-3-5-10/h1-8H,9H2,(H,16,18). The Hall–Kier alpha value is -2.96. The predicted molar refractivity (Wildman–Crippen MR) is 73.3 cm³/mol. The molecule has 0 heterocycles. The topological polar surface area (TPSA) is 81.5 Å². The van der Waals surface area contributed by atoms with Gasteiger partial charge in [0.15, 0.2) is 0 Å². The molecule has 2 rings (SSSR count). The lowest BCUT2D eigenvalue weighted by atomic mass is 10.2. The van der Waals surface area contributed by atoms with Crippen LogP contribution in [0.3, 0.4) is 0 Å². The fourth-order valence-electron chi connectivity index (χ4n) is 1.61. The van der Waals surface area contributed by atoms with E-state index in [4.69, 9.17) is 4.74 Å². The van der Waals surface area contributed by atoms with Gasteiger partial charge < -0.3 is 4.74 Å². The lowest BCUT2D eigenvalue weighted by molar-refractivity contribution is -0.387. The molecule has 108 valence electrons. The first-order valence-electron chi connectivity index (χ1n) is 5.98. The van der Waals surface area contributed by atoms with E-state index >= 15 is 0 Å². The molecule has 0 aliphatic rings. The molecular formula is C14H11FN2O4. The number of benzene rings is 2. The second-order valence-electron chi connectivity index (χ2n) is 4.11. The van der Waals surface area contributed by atoms with E-state index < -0.39 is 22.5 Å². The van der Waals surface area contributed by atoms with Gasteiger partial charge in [-0.3, -0.25) is 15.4 Å². The minimum atomic E-state index is -0.969. The van der Waals surface area contributed by atoms with Gasteiger partial charge in [0.2, 0.25) is 5.82 Å². The fraction of sp³-hybridized carbons (Fsp3) is 0.0714. The average Bonchev–Trinajstić information content (AvgIpc) is 2.48. The van der Waals surface area contributed by atoms with Crippen LogP contribution in [-0.2, 0) is 11.3 Å². The third-order valence-corrected chi connectivity index (χ3v) is 2.60. The van der Waals surface area contributed by atoms with E-state index in [1.54, 1.807) is 24.3 Å². The first-order valence-corrected chi connectivity index (χ1v) is 5.98. The summed E-state index contributed by atoms with van der Waals surface area (Å²) in [6.45, 7) is 0.0654. The van der Waals surface area contributed by atoms with Gasteiger partial charge in [0.05, 0.1) is 10.6 Å². The Morgan fingerprint density at radius 2 is 1.95 bits per heavy atom. The van der Waals surface area contributed by atoms with E-state index in [0.717, 1.165) is 17.7 Å². The number of nitrogens with zero attached hydrogens (tertiary/aromatic N) is 1. The van der Waals surface area contributed by atoms with Crippen LogP contribution in [0, 0.1) is 15.9 Å². The molecule has 0 saturated heterocycles. The summed E-state index contributed by atoms with van der Waals surface area (Å²) in [5, 5.41) is 12.9. The van der Waals surface area contributed by atoms with Gasteiger partial charge in [0.25, 0.3) is 0 Å². The molecule has 1 N–H and O–H groups in total. The summed E-state index contributed by atoms with van der Waals surface area (Å²) in [6.07, 6.45) is -0.778. The third-order valence-electron chi connectivity index (χ3n) is 2.60. The minimum absolute atomic E-state index is 0.0654. The number of rotatable bonds is 4. The van der Waals surface area contributed by atoms with Gasteiger partial charge in [-0.2, -0.15) is 4.39 Å². The summed E-state index contributed by atoms with van der Waals surface area (Å²) in [5.41, 5.74) is 0.176. The maximum absolute atomic E-state index is 13.1. The van der Waals surface area contributed by atoms with Crippen molar-refractivity contribution < 1.29 is 18.8 Å². The van der Waals surface area contributed by atoms with Gasteiger partial charge >= 0.3 is 11.8 Å². The number of nitro groups is 1. The van der Waals surface area contributed by atoms with E-state index in [0.29, 0.717) is 0 Å². The number of nitro benzene ring substituents is 1. The van der Waals surface area contributed by atoms with Crippen LogP contribution < -0.4 is 5.32 Å². The molecule has 0 atom stereocenters. The summed E-state index contributed by atoms with van der Waals surface area (Å²) >= 11 is 0. The fourth-order valence-corrected chi connectivity index (χ4v) is 1.61. The Balaban J connectivity index is 1.97. The quantitative estimate of drug-likeness (QED) is 0.690. The lowest BCUT2D eigenvalue weighted by Crippen LogP contribution is -2.13. The number of carbonyl (C=O) groups excluding carboxylic acids is 1. The molecule has 0 aliphatic carbocycles. The average molecular weight is 290 g/mol. The number of hydrogen-bond donors (Lipinski definition) is 1. The van der Waals surface area contributed by atoms with Crippen molar-refractivity contribution in [2.24, 2.45) is 0 Å². The van der Waals surface area contributed by atoms with Gasteiger partial charge in [0.1, 0.15) is 6.61 Å². The SMILES string of the molecule is O=C(Nc1ccc(F)c([N+](=O)[O-])c1)OCc1ccccc1. The van der Waals surface area contributed by atoms with E-state index in [1.165, 1.54) is 6.07 Å². The van der Waals surface area contributed by atoms with Crippen LogP contribution in [0.5, 0.6) is 0 Å². The van der Waals surface area contributed by atoms with Crippen molar-refractivity contribution in [3.8, 4) is 0 Å². The van der Waals surface area contributed by atoms with E-state index in [1.807, 2.05) is 6.07 Å². The molecule has 21 heavy (non-hydrogen) atoms. The minimum Gasteiger partial charge on any atom is -0.444 e. The van der Waals surface area contributed by atoms with E-state index in [2.05, 4.69) is 5.32 Å². The molecular weight excluding hydrogens is 279 g/mol. The molecule has 0 spiro atoms. The van der Waals surface area contributed by atoms with E-state index in [9.17, 15) is 19.3 Å². The largest absolute Gasteiger partial charge is 0.444 e. The summed E-state index contributed by atoms with van der Waals surface area (Å²) in [7, 11) is 0. The molecule has 2 aromatic rings. The van der Waals surface area contributed by atoms with Crippen molar-refractivity contribution >= 4 is 17.5 Å². The highest BCUT2D eigenvalue weighted by atomic mass is 19.1. The second-order valence-corrected chi connectivity index (χ2v) is 4.11. The zero-order chi connectivity index (χ0) is 15.2. The van der Waals surface area contributed by atoms with Gasteiger partial charge in [-0.1, -0.05) is 30.3 Å². The maximum Gasteiger partial charge on any atom is 0.411 e. The van der Waals surface area contributed by atoms with Crippen LogP contribution in [0.1, 0.15) is 5.56 Å². The molecule has 0 bridgehead atoms. The van der Waals surface area contributed by atoms with Gasteiger partial charge in [-0.25, -0.2) is 4.79 Å². The second kappa shape index (κ2) is 6.47. The highest BCUT2D eigenvalue weighted by molar-refractivity contribution is 5.85. The number of hydrogen-bond acceptors (Lipinski definition) is 4. The Bertz CT molecular complexity index is 661. The number of halogens is 1. The van der Waals surface area contributed by atoms with Gasteiger partial charge in [-0.15, -0.1) is 0 Å². The number of ether oxygens (including phenoxy) is 1. The molecule has 0 aliphatic heterocycles. The van der Waals surface area contributed by atoms with Crippen molar-refractivity contribution in [2.75, 3.05) is 5.32 Å². The van der Waals surface area contributed by atoms with Crippen molar-refractivity contribution in [1.82, 2.24) is 0 Å². The van der Waals surface area contributed by atoms with Gasteiger partial charge in [0, 0.05) is 6.07 Å². The monoisotopic (exact) mass is 290 g/mol. The summed E-state index contributed by atoms with van der Waals surface area (Å²) < 4.78 is 18.1. The molecule has 6 nitrogen and oxygen atoms in total. The highest BCUT2D eigenvalue weighted by Crippen LogP contribution is 2.21. The molecule has 0 fully saturated rings. The van der Waals surface area contributed by atoms with Crippen molar-refractivity contribution in [3.05, 3.63) is 70.0 Å². The van der Waals surface area contributed by atoms with Crippen molar-refractivity contribution in [1.29, 1.82) is 0 Å². The van der Waals surface area contributed by atoms with Crippen LogP contribution >= 0.6 is 0 Å². The predicted octanol–water partition coefficient (Wildman–Crippen LogP) is 3.48. The summed E-state index contributed by atoms with van der Waals surface area (Å²) in [6, 6.07) is 12.1. The number of carbonyl (C=O) groups is 1. The Labute approximate surface area is 119 Å². The van der Waals surface area contributed by atoms with Gasteiger partial charge in [-0.05, 0) is 17.7 Å². The first-order chi connectivity index (χ1) is 10.1. The number of amides is 1. The highest BCUT2D eigenvalue weighted by Gasteiger charge is 2.15. The number of nitrogens with one attached hydrogen (secondary N) is 1. The zero-order valence-electron chi connectivity index (χ0n) is 10.8. The Kier molecular flexibility index (Phi) is 4.45. The smallest absolute Gasteiger partial charge is 0.411 e. The molecule has 2 aromatic carbocycles. The Morgan fingerprint density at radius 1 is 1.24 bits per heavy atom. The van der Waals surface area contributed by atoms with Crippen molar-refractivity contribution in [2.45, 2.75) is 6.61 Å². The number of anilines is 1. The molecule has 7 heteroatoms. The molecule has 0 radical (unpaired) electrons. The zero-order valence-corrected chi connectivity index (χ0v) is 10.8. The third kappa shape index (κ3) is 4.00. The van der Waals surface area contributed by atoms with Crippen LogP contribution in [-0.4, -0.2) is 11.0 Å². The molecule has 1 amide bonds. The molecule has 0 saturated carbocycles. The van der Waals surface area contributed by atoms with E-state index in [-0.39, 0.29) is 12.3 Å². The first kappa shape index (κ1) is 14.4. The normalized spacial score (nSPS) is 9.95. The Morgan fingerprint density at radius 3 is 2.62 bits per heavy atom. The van der Waals surface area contributed by atoms with Crippen LogP contribution in [0.25, 0.3) is 0 Å². The summed E-state index contributed by atoms with van der Waals surface area (Å²) in [5.74, 6) is -0.969. The van der Waals surface area contributed by atoms with Crippen LogP contribution in [0.15, 0.2) is 48.5 Å². The summed E-state index contributed by atoms with van der Waals surface area (Å²) in [4.78, 5) is 21.3. The lowest BCUT2D eigenvalue weighted by Gasteiger charge is -2.07. The van der Waals surface area contributed by atoms with Crippen LogP contribution in [0.2, 0.25) is 0 Å². The maximum atomic E-state index is 13.1. The molecule has 0 aromatic heterocycles. The molecule has 0 unspecified atom stereocenters. The van der Waals surface area contributed by atoms with Crippen molar-refractivity contribution in [3.63, 3.8) is 0 Å².